The van der Waals surface area contributed by atoms with Crippen LogP contribution in [0, 0.1) is 0 Å². The molecule has 0 aliphatic carbocycles. The van der Waals surface area contributed by atoms with Gasteiger partial charge in [0.25, 0.3) is 0 Å². The van der Waals surface area contributed by atoms with E-state index in [-0.39, 0.29) is 6.04 Å². The maximum absolute atomic E-state index is 6.04. The Labute approximate surface area is 113 Å². The van der Waals surface area contributed by atoms with E-state index < -0.39 is 6.29 Å². The van der Waals surface area contributed by atoms with Crippen LogP contribution < -0.4 is 10.1 Å². The molecule has 0 radical (unpaired) electrons. The van der Waals surface area contributed by atoms with Crippen LogP contribution in [0.2, 0.25) is 5.02 Å². The quantitative estimate of drug-likeness (QED) is 0.776. The van der Waals surface area contributed by atoms with Gasteiger partial charge in [-0.05, 0) is 24.7 Å². The molecule has 0 aromatic heterocycles. The molecule has 0 saturated heterocycles. The molecular formula is C13H20ClNO3. The lowest BCUT2D eigenvalue weighted by Gasteiger charge is -2.27. The maximum Gasteiger partial charge on any atom is 0.176 e. The Morgan fingerprint density at radius 3 is 2.39 bits per heavy atom. The maximum atomic E-state index is 6.04. The first-order chi connectivity index (χ1) is 8.67. The third-order valence-corrected chi connectivity index (χ3v) is 2.92. The molecule has 18 heavy (non-hydrogen) atoms. The van der Waals surface area contributed by atoms with Gasteiger partial charge in [0.05, 0.1) is 13.2 Å². The summed E-state index contributed by atoms with van der Waals surface area (Å²) in [5.74, 6) is 0.754. The van der Waals surface area contributed by atoms with Crippen molar-refractivity contribution in [3.63, 3.8) is 0 Å². The van der Waals surface area contributed by atoms with E-state index in [1.807, 2.05) is 19.1 Å². The summed E-state index contributed by atoms with van der Waals surface area (Å²) < 4.78 is 16.0. The second-order valence-corrected chi connectivity index (χ2v) is 4.20. The second kappa shape index (κ2) is 7.59. The molecule has 0 aliphatic rings. The van der Waals surface area contributed by atoms with Crippen molar-refractivity contribution in [2.75, 3.05) is 27.9 Å². The molecular weight excluding hydrogens is 254 g/mol. The third kappa shape index (κ3) is 3.59. The summed E-state index contributed by atoms with van der Waals surface area (Å²) in [5, 5.41) is 3.97. The normalized spacial score (nSPS) is 12.8. The van der Waals surface area contributed by atoms with E-state index in [0.29, 0.717) is 5.02 Å². The lowest BCUT2D eigenvalue weighted by Crippen LogP contribution is -2.34. The topological polar surface area (TPSA) is 39.7 Å². The molecule has 0 bridgehead atoms. The van der Waals surface area contributed by atoms with Gasteiger partial charge in [-0.25, -0.2) is 0 Å². The predicted molar refractivity (Wildman–Crippen MR) is 72.2 cm³/mol. The highest BCUT2D eigenvalue weighted by Crippen LogP contribution is 2.31. The van der Waals surface area contributed by atoms with Crippen molar-refractivity contribution in [3.05, 3.63) is 28.8 Å². The van der Waals surface area contributed by atoms with Crippen LogP contribution in [0.1, 0.15) is 18.5 Å². The highest BCUT2D eigenvalue weighted by Gasteiger charge is 2.25. The molecule has 0 aliphatic heterocycles. The zero-order valence-electron chi connectivity index (χ0n) is 11.2. The van der Waals surface area contributed by atoms with Crippen molar-refractivity contribution in [1.29, 1.82) is 0 Å². The Kier molecular flexibility index (Phi) is 6.43. The molecule has 4 nitrogen and oxygen atoms in total. The van der Waals surface area contributed by atoms with Crippen molar-refractivity contribution in [3.8, 4) is 5.75 Å². The van der Waals surface area contributed by atoms with Gasteiger partial charge in [0.2, 0.25) is 0 Å². The number of halogens is 1. The molecule has 0 fully saturated rings. The number of methoxy groups -OCH3 is 3. The molecule has 1 aromatic carbocycles. The van der Waals surface area contributed by atoms with Crippen LogP contribution in [0.5, 0.6) is 5.75 Å². The first kappa shape index (κ1) is 15.2. The largest absolute Gasteiger partial charge is 0.496 e. The molecule has 1 rings (SSSR count). The number of rotatable bonds is 7. The minimum absolute atomic E-state index is 0.140. The van der Waals surface area contributed by atoms with Crippen molar-refractivity contribution in [2.45, 2.75) is 19.3 Å². The fraction of sp³-hybridized carbons (Fsp3) is 0.538. The molecule has 5 heteroatoms. The number of hydrogen-bond donors (Lipinski definition) is 1. The zero-order chi connectivity index (χ0) is 13.5. The first-order valence-corrected chi connectivity index (χ1v) is 6.18. The van der Waals surface area contributed by atoms with E-state index in [1.54, 1.807) is 27.4 Å². The number of benzene rings is 1. The Hall–Kier alpha value is -0.810. The molecule has 0 amide bonds. The molecule has 0 saturated carbocycles. The molecule has 0 heterocycles. The lowest BCUT2D eigenvalue weighted by atomic mass is 10.0. The SMILES string of the molecule is CCNC(c1cc(Cl)ccc1OC)C(OC)OC. The van der Waals surface area contributed by atoms with Crippen LogP contribution in [0.25, 0.3) is 0 Å². The Balaban J connectivity index is 3.14. The van der Waals surface area contributed by atoms with Gasteiger partial charge in [0, 0.05) is 24.8 Å². The van der Waals surface area contributed by atoms with Crippen molar-refractivity contribution >= 4 is 11.6 Å². The highest BCUT2D eigenvalue weighted by atomic mass is 35.5. The molecule has 1 aromatic rings. The summed E-state index contributed by atoms with van der Waals surface area (Å²) in [5.41, 5.74) is 0.917. The fourth-order valence-corrected chi connectivity index (χ4v) is 2.07. The second-order valence-electron chi connectivity index (χ2n) is 3.76. The van der Waals surface area contributed by atoms with Crippen LogP contribution in [0.15, 0.2) is 18.2 Å². The summed E-state index contributed by atoms with van der Waals surface area (Å²) in [6.45, 7) is 2.80. The summed E-state index contributed by atoms with van der Waals surface area (Å²) in [4.78, 5) is 0. The first-order valence-electron chi connectivity index (χ1n) is 5.80. The van der Waals surface area contributed by atoms with Crippen LogP contribution in [0.4, 0.5) is 0 Å². The van der Waals surface area contributed by atoms with Gasteiger partial charge in [-0.15, -0.1) is 0 Å². The van der Waals surface area contributed by atoms with Crippen LogP contribution in [-0.4, -0.2) is 34.2 Å². The van der Waals surface area contributed by atoms with Crippen LogP contribution in [-0.2, 0) is 9.47 Å². The minimum atomic E-state index is -0.405. The molecule has 1 N–H and O–H groups in total. The molecule has 1 atom stereocenters. The average Bonchev–Trinajstić information content (AvgIpc) is 2.39. The molecule has 1 unspecified atom stereocenters. The van der Waals surface area contributed by atoms with Crippen LogP contribution >= 0.6 is 11.6 Å². The van der Waals surface area contributed by atoms with E-state index in [9.17, 15) is 0 Å². The standard InChI is InChI=1S/C13H20ClNO3/c1-5-15-12(13(17-3)18-4)10-8-9(14)6-7-11(10)16-2/h6-8,12-13,15H,5H2,1-4H3. The van der Waals surface area contributed by atoms with Gasteiger partial charge in [-0.2, -0.15) is 0 Å². The van der Waals surface area contributed by atoms with Gasteiger partial charge < -0.3 is 19.5 Å². The number of ether oxygens (including phenoxy) is 3. The van der Waals surface area contributed by atoms with E-state index in [4.69, 9.17) is 25.8 Å². The molecule has 0 spiro atoms. The summed E-state index contributed by atoms with van der Waals surface area (Å²) in [6.07, 6.45) is -0.405. The van der Waals surface area contributed by atoms with Crippen molar-refractivity contribution < 1.29 is 14.2 Å². The van der Waals surface area contributed by atoms with Crippen molar-refractivity contribution in [2.24, 2.45) is 0 Å². The lowest BCUT2D eigenvalue weighted by molar-refractivity contribution is -0.124. The Morgan fingerprint density at radius 1 is 1.22 bits per heavy atom. The van der Waals surface area contributed by atoms with Gasteiger partial charge in [0.15, 0.2) is 6.29 Å². The zero-order valence-corrected chi connectivity index (χ0v) is 12.0. The number of likely N-dealkylation sites (N-methyl/N-ethyl adjacent to an activating group) is 1. The van der Waals surface area contributed by atoms with E-state index in [2.05, 4.69) is 5.32 Å². The predicted octanol–water partition coefficient (Wildman–Crippen LogP) is 2.62. The Morgan fingerprint density at radius 2 is 1.89 bits per heavy atom. The fourth-order valence-electron chi connectivity index (χ4n) is 1.89. The van der Waals surface area contributed by atoms with Gasteiger partial charge in [-0.3, -0.25) is 0 Å². The van der Waals surface area contributed by atoms with E-state index in [1.165, 1.54) is 0 Å². The third-order valence-electron chi connectivity index (χ3n) is 2.69. The summed E-state index contributed by atoms with van der Waals surface area (Å²) >= 11 is 6.04. The smallest absolute Gasteiger partial charge is 0.176 e. The number of hydrogen-bond acceptors (Lipinski definition) is 4. The van der Waals surface area contributed by atoms with Gasteiger partial charge in [0.1, 0.15) is 5.75 Å². The average molecular weight is 274 g/mol. The number of nitrogens with one attached hydrogen (secondary N) is 1. The van der Waals surface area contributed by atoms with E-state index >= 15 is 0 Å². The summed E-state index contributed by atoms with van der Waals surface area (Å²) in [6, 6.07) is 5.35. The minimum Gasteiger partial charge on any atom is -0.496 e. The van der Waals surface area contributed by atoms with Crippen LogP contribution in [0.3, 0.4) is 0 Å². The monoisotopic (exact) mass is 273 g/mol. The van der Waals surface area contributed by atoms with Crippen molar-refractivity contribution in [1.82, 2.24) is 5.32 Å². The van der Waals surface area contributed by atoms with E-state index in [0.717, 1.165) is 17.9 Å². The highest BCUT2D eigenvalue weighted by molar-refractivity contribution is 6.30. The Bertz CT molecular complexity index is 369. The molecule has 102 valence electrons. The van der Waals surface area contributed by atoms with Gasteiger partial charge >= 0.3 is 0 Å². The summed E-state index contributed by atoms with van der Waals surface area (Å²) in [7, 11) is 4.84. The van der Waals surface area contributed by atoms with Gasteiger partial charge in [-0.1, -0.05) is 18.5 Å².